The van der Waals surface area contributed by atoms with E-state index in [1.54, 1.807) is 6.07 Å². The molecule has 0 saturated carbocycles. The number of hydrogen-bond donors (Lipinski definition) is 0. The lowest BCUT2D eigenvalue weighted by molar-refractivity contribution is 0.297. The highest BCUT2D eigenvalue weighted by Gasteiger charge is 2.12. The topological polar surface area (TPSA) is 44.2 Å². The maximum atomic E-state index is 6.01. The van der Waals surface area contributed by atoms with Gasteiger partial charge in [-0.05, 0) is 24.5 Å². The molecule has 21 heavy (non-hydrogen) atoms. The van der Waals surface area contributed by atoms with Gasteiger partial charge in [0.25, 0.3) is 0 Å². The Balaban J connectivity index is 1.85. The number of benzene rings is 1. The number of thioether (sulfide) groups is 1. The van der Waals surface area contributed by atoms with E-state index in [1.807, 2.05) is 24.5 Å². The second-order valence-corrected chi connectivity index (χ2v) is 6.53. The standard InChI is InChI=1S/C14H13ClN2O2S2/c1-20-14-16-12(15)8-13(17-14)21-9-3-4-10-11(7-9)19-6-2-5-18-10/h3-4,7-8H,2,5-6H2,1H3. The Morgan fingerprint density at radius 1 is 1.10 bits per heavy atom. The Labute approximate surface area is 136 Å². The molecule has 7 heteroatoms. The second-order valence-electron chi connectivity index (χ2n) is 4.28. The summed E-state index contributed by atoms with van der Waals surface area (Å²) in [5.41, 5.74) is 0. The molecule has 0 N–H and O–H groups in total. The molecule has 0 aliphatic carbocycles. The molecule has 110 valence electrons. The van der Waals surface area contributed by atoms with Crippen LogP contribution < -0.4 is 9.47 Å². The second kappa shape index (κ2) is 6.77. The summed E-state index contributed by atoms with van der Waals surface area (Å²) in [7, 11) is 0. The van der Waals surface area contributed by atoms with E-state index in [-0.39, 0.29) is 0 Å². The zero-order chi connectivity index (χ0) is 14.7. The van der Waals surface area contributed by atoms with Crippen molar-refractivity contribution in [2.45, 2.75) is 21.5 Å². The van der Waals surface area contributed by atoms with Crippen LogP contribution in [0.4, 0.5) is 0 Å². The van der Waals surface area contributed by atoms with Crippen LogP contribution >= 0.6 is 35.1 Å². The summed E-state index contributed by atoms with van der Waals surface area (Å²) in [6, 6.07) is 7.66. The van der Waals surface area contributed by atoms with Crippen LogP contribution in [0.15, 0.2) is 39.3 Å². The fourth-order valence-electron chi connectivity index (χ4n) is 1.85. The first kappa shape index (κ1) is 14.8. The Morgan fingerprint density at radius 3 is 2.71 bits per heavy atom. The molecule has 1 aliphatic heterocycles. The minimum atomic E-state index is 0.450. The number of hydrogen-bond acceptors (Lipinski definition) is 6. The van der Waals surface area contributed by atoms with Crippen molar-refractivity contribution in [1.29, 1.82) is 0 Å². The molecule has 0 amide bonds. The van der Waals surface area contributed by atoms with Crippen molar-refractivity contribution in [3.63, 3.8) is 0 Å². The van der Waals surface area contributed by atoms with E-state index in [2.05, 4.69) is 9.97 Å². The molecule has 1 aromatic carbocycles. The lowest BCUT2D eigenvalue weighted by Crippen LogP contribution is -1.97. The van der Waals surface area contributed by atoms with Crippen LogP contribution in [0, 0.1) is 0 Å². The molecule has 0 atom stereocenters. The van der Waals surface area contributed by atoms with Crippen molar-refractivity contribution in [1.82, 2.24) is 9.97 Å². The molecule has 0 bridgehead atoms. The third-order valence-corrected chi connectivity index (χ3v) is 4.42. The van der Waals surface area contributed by atoms with Crippen molar-refractivity contribution in [3.8, 4) is 11.5 Å². The van der Waals surface area contributed by atoms with E-state index in [0.29, 0.717) is 23.5 Å². The van der Waals surface area contributed by atoms with E-state index >= 15 is 0 Å². The van der Waals surface area contributed by atoms with Crippen LogP contribution in [-0.2, 0) is 0 Å². The Hall–Kier alpha value is -1.11. The molecular formula is C14H13ClN2O2S2. The summed E-state index contributed by atoms with van der Waals surface area (Å²) >= 11 is 9.00. The maximum Gasteiger partial charge on any atom is 0.189 e. The van der Waals surface area contributed by atoms with Gasteiger partial charge in [-0.15, -0.1) is 0 Å². The number of nitrogens with zero attached hydrogens (tertiary/aromatic N) is 2. The lowest BCUT2D eigenvalue weighted by atomic mass is 10.3. The molecule has 4 nitrogen and oxygen atoms in total. The lowest BCUT2D eigenvalue weighted by Gasteiger charge is -2.09. The molecule has 0 saturated heterocycles. The average Bonchev–Trinajstić information content (AvgIpc) is 2.71. The van der Waals surface area contributed by atoms with Gasteiger partial charge in [-0.2, -0.15) is 0 Å². The van der Waals surface area contributed by atoms with Crippen LogP contribution in [-0.4, -0.2) is 29.4 Å². The summed E-state index contributed by atoms with van der Waals surface area (Å²) in [6.45, 7) is 1.37. The van der Waals surface area contributed by atoms with Gasteiger partial charge in [0.15, 0.2) is 16.7 Å². The average molecular weight is 341 g/mol. The molecule has 2 heterocycles. The minimum absolute atomic E-state index is 0.450. The molecule has 1 aliphatic rings. The molecule has 0 unspecified atom stereocenters. The van der Waals surface area contributed by atoms with Crippen LogP contribution in [0.5, 0.6) is 11.5 Å². The fourth-order valence-corrected chi connectivity index (χ4v) is 3.43. The normalized spacial score (nSPS) is 13.8. The number of aromatic nitrogens is 2. The molecule has 1 aromatic heterocycles. The summed E-state index contributed by atoms with van der Waals surface area (Å²) < 4.78 is 11.3. The van der Waals surface area contributed by atoms with Crippen molar-refractivity contribution in [3.05, 3.63) is 29.4 Å². The third kappa shape index (κ3) is 3.75. The van der Waals surface area contributed by atoms with Gasteiger partial charge in [-0.25, -0.2) is 9.97 Å². The van der Waals surface area contributed by atoms with Crippen molar-refractivity contribution in [2.75, 3.05) is 19.5 Å². The SMILES string of the molecule is CSc1nc(Cl)cc(Sc2ccc3c(c2)OCCCO3)n1. The monoisotopic (exact) mass is 340 g/mol. The number of ether oxygens (including phenoxy) is 2. The van der Waals surface area contributed by atoms with Crippen molar-refractivity contribution < 1.29 is 9.47 Å². The first-order chi connectivity index (χ1) is 10.2. The molecule has 0 radical (unpaired) electrons. The summed E-state index contributed by atoms with van der Waals surface area (Å²) in [5.74, 6) is 1.57. The number of rotatable bonds is 3. The predicted octanol–water partition coefficient (Wildman–Crippen LogP) is 4.16. The Kier molecular flexibility index (Phi) is 4.77. The first-order valence-electron chi connectivity index (χ1n) is 6.41. The number of halogens is 1. The van der Waals surface area contributed by atoms with Gasteiger partial charge < -0.3 is 9.47 Å². The number of fused-ring (bicyclic) bond motifs is 1. The predicted molar refractivity (Wildman–Crippen MR) is 85.0 cm³/mol. The Bertz CT molecular complexity index is 655. The van der Waals surface area contributed by atoms with Crippen LogP contribution in [0.3, 0.4) is 0 Å². The van der Waals surface area contributed by atoms with Crippen LogP contribution in [0.1, 0.15) is 6.42 Å². The van der Waals surface area contributed by atoms with Gasteiger partial charge in [-0.3, -0.25) is 0 Å². The minimum Gasteiger partial charge on any atom is -0.490 e. The first-order valence-corrected chi connectivity index (χ1v) is 8.82. The Morgan fingerprint density at radius 2 is 1.90 bits per heavy atom. The van der Waals surface area contributed by atoms with Gasteiger partial charge in [0.2, 0.25) is 0 Å². The van der Waals surface area contributed by atoms with E-state index in [4.69, 9.17) is 21.1 Å². The van der Waals surface area contributed by atoms with Crippen LogP contribution in [0.25, 0.3) is 0 Å². The van der Waals surface area contributed by atoms with E-state index in [0.717, 1.165) is 27.8 Å². The van der Waals surface area contributed by atoms with E-state index < -0.39 is 0 Å². The molecule has 0 fully saturated rings. The van der Waals surface area contributed by atoms with Crippen molar-refractivity contribution in [2.24, 2.45) is 0 Å². The highest BCUT2D eigenvalue weighted by Crippen LogP contribution is 2.36. The third-order valence-electron chi connectivity index (χ3n) is 2.77. The quantitative estimate of drug-likeness (QED) is 0.475. The zero-order valence-electron chi connectivity index (χ0n) is 11.3. The highest BCUT2D eigenvalue weighted by molar-refractivity contribution is 7.99. The summed E-state index contributed by atoms with van der Waals surface area (Å²) in [6.07, 6.45) is 2.82. The maximum absolute atomic E-state index is 6.01. The van der Waals surface area contributed by atoms with Gasteiger partial charge in [0.1, 0.15) is 10.2 Å². The van der Waals surface area contributed by atoms with Gasteiger partial charge in [-0.1, -0.05) is 35.1 Å². The largest absolute Gasteiger partial charge is 0.490 e. The van der Waals surface area contributed by atoms with Gasteiger partial charge >= 0.3 is 0 Å². The molecule has 2 aromatic rings. The van der Waals surface area contributed by atoms with Gasteiger partial charge in [0.05, 0.1) is 13.2 Å². The van der Waals surface area contributed by atoms with Crippen LogP contribution in [0.2, 0.25) is 5.15 Å². The van der Waals surface area contributed by atoms with E-state index in [9.17, 15) is 0 Å². The molecule has 0 spiro atoms. The van der Waals surface area contributed by atoms with Gasteiger partial charge in [0, 0.05) is 17.4 Å². The highest BCUT2D eigenvalue weighted by atomic mass is 35.5. The fraction of sp³-hybridized carbons (Fsp3) is 0.286. The summed E-state index contributed by atoms with van der Waals surface area (Å²) in [5, 5.41) is 1.93. The van der Waals surface area contributed by atoms with E-state index in [1.165, 1.54) is 23.5 Å². The van der Waals surface area contributed by atoms with Crippen molar-refractivity contribution >= 4 is 35.1 Å². The zero-order valence-corrected chi connectivity index (χ0v) is 13.7. The molecular weight excluding hydrogens is 328 g/mol. The molecule has 3 rings (SSSR count). The smallest absolute Gasteiger partial charge is 0.189 e. The summed E-state index contributed by atoms with van der Waals surface area (Å²) in [4.78, 5) is 9.60.